The van der Waals surface area contributed by atoms with Crippen molar-refractivity contribution >= 4 is 39.1 Å². The summed E-state index contributed by atoms with van der Waals surface area (Å²) >= 11 is 5.79. The van der Waals surface area contributed by atoms with Gasteiger partial charge in [0, 0.05) is 40.7 Å². The fourth-order valence-corrected chi connectivity index (χ4v) is 3.92. The van der Waals surface area contributed by atoms with Crippen LogP contribution in [0.15, 0.2) is 72.9 Å². The maximum atomic E-state index is 13.4. The van der Waals surface area contributed by atoms with Gasteiger partial charge in [0.1, 0.15) is 0 Å². The molecule has 0 N–H and O–H groups in total. The van der Waals surface area contributed by atoms with Gasteiger partial charge in [0.25, 0.3) is 0 Å². The monoisotopic (exact) mass is 375 g/mol. The molecule has 0 saturated heterocycles. The van der Waals surface area contributed by atoms with E-state index in [1.165, 1.54) is 0 Å². The van der Waals surface area contributed by atoms with Crippen LogP contribution in [0.3, 0.4) is 0 Å². The Morgan fingerprint density at radius 1 is 0.778 bits per heavy atom. The lowest BCUT2D eigenvalue weighted by Gasteiger charge is -2.05. The van der Waals surface area contributed by atoms with Crippen molar-refractivity contribution in [1.82, 2.24) is 4.57 Å². The second kappa shape index (κ2) is 7.98. The van der Waals surface area contributed by atoms with Crippen LogP contribution in [-0.4, -0.2) is 16.2 Å². The molecule has 0 aliphatic rings. The first kappa shape index (κ1) is 17.8. The number of carbonyl (C=O) groups is 1. The maximum Gasteiger partial charge on any atom is 0.195 e. The Hall–Kier alpha value is -2.58. The predicted octanol–water partition coefficient (Wildman–Crippen LogP) is 6.43. The van der Waals surface area contributed by atoms with Crippen molar-refractivity contribution in [3.8, 4) is 0 Å². The van der Waals surface area contributed by atoms with Crippen molar-refractivity contribution in [2.45, 2.75) is 25.8 Å². The van der Waals surface area contributed by atoms with Crippen molar-refractivity contribution in [2.75, 3.05) is 5.88 Å². The molecule has 4 rings (SSSR count). The number of aromatic nitrogens is 1. The van der Waals surface area contributed by atoms with E-state index < -0.39 is 0 Å². The van der Waals surface area contributed by atoms with Gasteiger partial charge in [-0.3, -0.25) is 4.79 Å². The summed E-state index contributed by atoms with van der Waals surface area (Å²) in [7, 11) is 0. The average molecular weight is 376 g/mol. The molecule has 1 heterocycles. The van der Waals surface area contributed by atoms with Crippen LogP contribution in [0.5, 0.6) is 0 Å². The lowest BCUT2D eigenvalue weighted by atomic mass is 9.97. The van der Waals surface area contributed by atoms with Gasteiger partial charge in [0.15, 0.2) is 5.78 Å². The molecule has 3 heteroatoms. The van der Waals surface area contributed by atoms with Crippen molar-refractivity contribution in [3.05, 3.63) is 84.1 Å². The number of rotatable bonds is 7. The summed E-state index contributed by atoms with van der Waals surface area (Å²) in [6.07, 6.45) is 5.22. The van der Waals surface area contributed by atoms with E-state index in [9.17, 15) is 4.79 Å². The summed E-state index contributed by atoms with van der Waals surface area (Å²) in [5, 5.41) is 3.12. The molecule has 4 aromatic rings. The maximum absolute atomic E-state index is 13.4. The highest BCUT2D eigenvalue weighted by molar-refractivity contribution is 6.21. The Kier molecular flexibility index (Phi) is 5.26. The third-order valence-corrected chi connectivity index (χ3v) is 5.37. The zero-order valence-corrected chi connectivity index (χ0v) is 16.0. The SMILES string of the molecule is O=C(c1cccc2ccccc12)c1cn(CCCCCCl)c2ccccc12. The van der Waals surface area contributed by atoms with Gasteiger partial charge >= 0.3 is 0 Å². The van der Waals surface area contributed by atoms with E-state index in [1.807, 2.05) is 66.9 Å². The van der Waals surface area contributed by atoms with Crippen molar-refractivity contribution < 1.29 is 4.79 Å². The van der Waals surface area contributed by atoms with E-state index in [2.05, 4.69) is 10.6 Å². The molecule has 0 aliphatic carbocycles. The lowest BCUT2D eigenvalue weighted by molar-refractivity contribution is 0.104. The minimum absolute atomic E-state index is 0.0857. The number of hydrogen-bond donors (Lipinski definition) is 0. The van der Waals surface area contributed by atoms with E-state index in [0.29, 0.717) is 5.88 Å². The normalized spacial score (nSPS) is 11.3. The van der Waals surface area contributed by atoms with Gasteiger partial charge < -0.3 is 4.57 Å². The van der Waals surface area contributed by atoms with Crippen LogP contribution in [0.2, 0.25) is 0 Å². The van der Waals surface area contributed by atoms with E-state index in [4.69, 9.17) is 11.6 Å². The van der Waals surface area contributed by atoms with Gasteiger partial charge in [0.2, 0.25) is 0 Å². The van der Waals surface area contributed by atoms with Crippen molar-refractivity contribution in [1.29, 1.82) is 0 Å². The van der Waals surface area contributed by atoms with Crippen LogP contribution in [0.4, 0.5) is 0 Å². The molecular formula is C24H22ClNO. The molecular weight excluding hydrogens is 354 g/mol. The molecule has 2 nitrogen and oxygen atoms in total. The standard InChI is InChI=1S/C24H22ClNO/c25-15-6-1-7-16-26-17-22(20-12-4-5-14-23(20)26)24(27)21-13-8-10-18-9-2-3-11-19(18)21/h2-5,8-14,17H,1,6-7,15-16H2. The van der Waals surface area contributed by atoms with Gasteiger partial charge in [-0.25, -0.2) is 0 Å². The summed E-state index contributed by atoms with van der Waals surface area (Å²) in [6, 6.07) is 22.2. The second-order valence-corrected chi connectivity index (χ2v) is 7.24. The number of ketones is 1. The van der Waals surface area contributed by atoms with Crippen molar-refractivity contribution in [2.24, 2.45) is 0 Å². The van der Waals surface area contributed by atoms with Crippen molar-refractivity contribution in [3.63, 3.8) is 0 Å². The fourth-order valence-electron chi connectivity index (χ4n) is 3.73. The highest BCUT2D eigenvalue weighted by Crippen LogP contribution is 2.27. The largest absolute Gasteiger partial charge is 0.347 e. The molecule has 0 saturated carbocycles. The van der Waals surface area contributed by atoms with Crippen LogP contribution in [0.25, 0.3) is 21.7 Å². The van der Waals surface area contributed by atoms with Gasteiger partial charge in [0.05, 0.1) is 0 Å². The van der Waals surface area contributed by atoms with E-state index in [0.717, 1.165) is 58.6 Å². The Morgan fingerprint density at radius 2 is 1.52 bits per heavy atom. The summed E-state index contributed by atoms with van der Waals surface area (Å²) in [5.74, 6) is 0.791. The first-order chi connectivity index (χ1) is 13.3. The molecule has 0 amide bonds. The number of unbranched alkanes of at least 4 members (excludes halogenated alkanes) is 2. The van der Waals surface area contributed by atoms with E-state index in [1.54, 1.807) is 0 Å². The summed E-state index contributed by atoms with van der Waals surface area (Å²) in [5.41, 5.74) is 2.66. The molecule has 0 atom stereocenters. The average Bonchev–Trinajstić information content (AvgIpc) is 3.09. The predicted molar refractivity (Wildman–Crippen MR) is 114 cm³/mol. The topological polar surface area (TPSA) is 22.0 Å². The van der Waals surface area contributed by atoms with Gasteiger partial charge in [-0.15, -0.1) is 11.6 Å². The molecule has 0 unspecified atom stereocenters. The number of benzene rings is 3. The zero-order valence-electron chi connectivity index (χ0n) is 15.2. The number of carbonyl (C=O) groups excluding carboxylic acids is 1. The molecule has 27 heavy (non-hydrogen) atoms. The molecule has 3 aromatic carbocycles. The third kappa shape index (κ3) is 3.50. The highest BCUT2D eigenvalue weighted by atomic mass is 35.5. The van der Waals surface area contributed by atoms with Crippen LogP contribution in [0, 0.1) is 0 Å². The number of halogens is 1. The number of aryl methyl sites for hydroxylation is 1. The number of hydrogen-bond acceptors (Lipinski definition) is 1. The molecule has 0 bridgehead atoms. The molecule has 136 valence electrons. The van der Waals surface area contributed by atoms with E-state index in [-0.39, 0.29) is 5.78 Å². The first-order valence-electron chi connectivity index (χ1n) is 9.46. The van der Waals surface area contributed by atoms with Crippen LogP contribution in [0.1, 0.15) is 35.2 Å². The molecule has 0 spiro atoms. The number of fused-ring (bicyclic) bond motifs is 2. The minimum atomic E-state index is 0.0857. The Balaban J connectivity index is 1.75. The molecule has 0 radical (unpaired) electrons. The zero-order chi connectivity index (χ0) is 18.6. The molecule has 0 fully saturated rings. The summed E-state index contributed by atoms with van der Waals surface area (Å²) in [4.78, 5) is 13.4. The van der Waals surface area contributed by atoms with E-state index >= 15 is 0 Å². The summed E-state index contributed by atoms with van der Waals surface area (Å²) < 4.78 is 2.21. The third-order valence-electron chi connectivity index (χ3n) is 5.10. The van der Waals surface area contributed by atoms with Gasteiger partial charge in [-0.2, -0.15) is 0 Å². The number of nitrogens with zero attached hydrogens (tertiary/aromatic N) is 1. The number of para-hydroxylation sites is 1. The van der Waals surface area contributed by atoms with Crippen LogP contribution >= 0.6 is 11.6 Å². The molecule has 1 aromatic heterocycles. The summed E-state index contributed by atoms with van der Waals surface area (Å²) in [6.45, 7) is 0.903. The smallest absolute Gasteiger partial charge is 0.195 e. The van der Waals surface area contributed by atoms with Gasteiger partial charge in [-0.1, -0.05) is 67.1 Å². The Morgan fingerprint density at radius 3 is 2.37 bits per heavy atom. The quantitative estimate of drug-likeness (QED) is 0.207. The lowest BCUT2D eigenvalue weighted by Crippen LogP contribution is -2.02. The first-order valence-corrected chi connectivity index (χ1v) is 9.99. The second-order valence-electron chi connectivity index (χ2n) is 6.86. The van der Waals surface area contributed by atoms with Gasteiger partial charge in [-0.05, 0) is 29.7 Å². The minimum Gasteiger partial charge on any atom is -0.347 e. The van der Waals surface area contributed by atoms with Crippen LogP contribution in [-0.2, 0) is 6.54 Å². The number of alkyl halides is 1. The Labute approximate surface area is 164 Å². The highest BCUT2D eigenvalue weighted by Gasteiger charge is 2.18. The Bertz CT molecular complexity index is 1090. The molecule has 0 aliphatic heterocycles. The fraction of sp³-hybridized carbons (Fsp3) is 0.208. The van der Waals surface area contributed by atoms with Crippen LogP contribution < -0.4 is 0 Å².